The molecule has 0 aliphatic rings. The van der Waals surface area contributed by atoms with Gasteiger partial charge in [0.15, 0.2) is 0 Å². The highest BCUT2D eigenvalue weighted by Crippen LogP contribution is 2.13. The predicted octanol–water partition coefficient (Wildman–Crippen LogP) is 3.25. The van der Waals surface area contributed by atoms with Crippen molar-refractivity contribution in [1.29, 1.82) is 5.26 Å². The summed E-state index contributed by atoms with van der Waals surface area (Å²) >= 11 is 0. The van der Waals surface area contributed by atoms with Gasteiger partial charge >= 0.3 is 0 Å². The molecule has 86 valence electrons. The average molecular weight is 217 g/mol. The predicted molar refractivity (Wildman–Crippen MR) is 66.3 cm³/mol. The van der Waals surface area contributed by atoms with Crippen LogP contribution >= 0.6 is 0 Å². The van der Waals surface area contributed by atoms with Gasteiger partial charge in [0, 0.05) is 6.04 Å². The third kappa shape index (κ3) is 3.23. The van der Waals surface area contributed by atoms with Gasteiger partial charge in [-0.05, 0) is 31.4 Å². The summed E-state index contributed by atoms with van der Waals surface area (Å²) in [5, 5.41) is 12.3. The lowest BCUT2D eigenvalue weighted by atomic mass is 10.1. The summed E-state index contributed by atoms with van der Waals surface area (Å²) in [5.74, 6) is 0.808. The standard InChI is InChI=1S/C13H19N3/c1-4-6-11(5-2)15-13-8-7-10(3)12(9-14)16-13/h7-8,11H,4-6H2,1-3H3,(H,15,16). The van der Waals surface area contributed by atoms with Gasteiger partial charge in [0.05, 0.1) is 0 Å². The monoisotopic (exact) mass is 217 g/mol. The van der Waals surface area contributed by atoms with Gasteiger partial charge in [-0.25, -0.2) is 4.98 Å². The van der Waals surface area contributed by atoms with E-state index < -0.39 is 0 Å². The third-order valence-corrected chi connectivity index (χ3v) is 2.68. The Kier molecular flexibility index (Phi) is 4.78. The van der Waals surface area contributed by atoms with Gasteiger partial charge in [0.1, 0.15) is 17.6 Å². The maximum Gasteiger partial charge on any atom is 0.145 e. The van der Waals surface area contributed by atoms with Gasteiger partial charge in [0.25, 0.3) is 0 Å². The Labute approximate surface area is 97.5 Å². The molecule has 0 amide bonds. The summed E-state index contributed by atoms with van der Waals surface area (Å²) in [5.41, 5.74) is 1.44. The van der Waals surface area contributed by atoms with Crippen LogP contribution in [0.1, 0.15) is 44.4 Å². The van der Waals surface area contributed by atoms with Gasteiger partial charge in [0.2, 0.25) is 0 Å². The zero-order valence-electron chi connectivity index (χ0n) is 10.2. The lowest BCUT2D eigenvalue weighted by Gasteiger charge is -2.16. The summed E-state index contributed by atoms with van der Waals surface area (Å²) in [6, 6.07) is 6.43. The van der Waals surface area contributed by atoms with E-state index in [-0.39, 0.29) is 0 Å². The first-order chi connectivity index (χ1) is 7.71. The SMILES string of the molecule is CCCC(CC)Nc1ccc(C)c(C#N)n1. The van der Waals surface area contributed by atoms with Crippen LogP contribution in [0.25, 0.3) is 0 Å². The van der Waals surface area contributed by atoms with E-state index in [1.54, 1.807) is 0 Å². The van der Waals surface area contributed by atoms with Crippen molar-refractivity contribution in [2.75, 3.05) is 5.32 Å². The van der Waals surface area contributed by atoms with Crippen LogP contribution in [0.4, 0.5) is 5.82 Å². The van der Waals surface area contributed by atoms with Crippen LogP contribution in [0.5, 0.6) is 0 Å². The number of nitrogens with zero attached hydrogens (tertiary/aromatic N) is 2. The Morgan fingerprint density at radius 3 is 2.75 bits per heavy atom. The molecule has 1 aromatic rings. The minimum atomic E-state index is 0.451. The molecule has 0 saturated heterocycles. The highest BCUT2D eigenvalue weighted by molar-refractivity contribution is 5.43. The number of aryl methyl sites for hydroxylation is 1. The molecule has 0 fully saturated rings. The number of nitrogens with one attached hydrogen (secondary N) is 1. The number of rotatable bonds is 5. The van der Waals surface area contributed by atoms with Crippen LogP contribution in [0.3, 0.4) is 0 Å². The number of anilines is 1. The number of hydrogen-bond acceptors (Lipinski definition) is 3. The molecule has 1 heterocycles. The lowest BCUT2D eigenvalue weighted by Crippen LogP contribution is -2.19. The summed E-state index contributed by atoms with van der Waals surface area (Å²) < 4.78 is 0. The largest absolute Gasteiger partial charge is 0.367 e. The number of nitriles is 1. The van der Waals surface area contributed by atoms with Gasteiger partial charge in [-0.3, -0.25) is 0 Å². The highest BCUT2D eigenvalue weighted by Gasteiger charge is 2.07. The molecule has 1 N–H and O–H groups in total. The maximum atomic E-state index is 8.90. The summed E-state index contributed by atoms with van der Waals surface area (Å²) in [6.07, 6.45) is 3.36. The molecule has 1 atom stereocenters. The van der Waals surface area contributed by atoms with Crippen molar-refractivity contribution in [2.24, 2.45) is 0 Å². The van der Waals surface area contributed by atoms with Gasteiger partial charge in [-0.1, -0.05) is 26.3 Å². The number of aromatic nitrogens is 1. The highest BCUT2D eigenvalue weighted by atomic mass is 15.0. The first-order valence-corrected chi connectivity index (χ1v) is 5.85. The van der Waals surface area contributed by atoms with E-state index in [0.29, 0.717) is 11.7 Å². The van der Waals surface area contributed by atoms with Crippen molar-refractivity contribution in [2.45, 2.75) is 46.1 Å². The first kappa shape index (κ1) is 12.5. The van der Waals surface area contributed by atoms with E-state index in [2.05, 4.69) is 30.2 Å². The Balaban J connectivity index is 2.77. The molecule has 3 nitrogen and oxygen atoms in total. The van der Waals surface area contributed by atoms with E-state index in [1.165, 1.54) is 0 Å². The fourth-order valence-electron chi connectivity index (χ4n) is 1.66. The molecular formula is C13H19N3. The Hall–Kier alpha value is -1.56. The molecule has 1 aromatic heterocycles. The molecule has 0 bridgehead atoms. The van der Waals surface area contributed by atoms with Crippen LogP contribution in [-0.2, 0) is 0 Å². The lowest BCUT2D eigenvalue weighted by molar-refractivity contribution is 0.620. The minimum absolute atomic E-state index is 0.451. The topological polar surface area (TPSA) is 48.7 Å². The molecule has 0 aliphatic carbocycles. The van der Waals surface area contributed by atoms with Crippen LogP contribution in [0, 0.1) is 18.3 Å². The van der Waals surface area contributed by atoms with Crippen molar-refractivity contribution in [3.63, 3.8) is 0 Å². The number of pyridine rings is 1. The second-order valence-electron chi connectivity index (χ2n) is 4.01. The Bertz CT molecular complexity index is 379. The minimum Gasteiger partial charge on any atom is -0.367 e. The fraction of sp³-hybridized carbons (Fsp3) is 0.538. The van der Waals surface area contributed by atoms with E-state index in [1.807, 2.05) is 19.1 Å². The molecule has 1 rings (SSSR count). The van der Waals surface area contributed by atoms with Crippen molar-refractivity contribution in [3.05, 3.63) is 23.4 Å². The third-order valence-electron chi connectivity index (χ3n) is 2.68. The van der Waals surface area contributed by atoms with Crippen LogP contribution in [0.15, 0.2) is 12.1 Å². The first-order valence-electron chi connectivity index (χ1n) is 5.85. The summed E-state index contributed by atoms with van der Waals surface area (Å²) in [4.78, 5) is 4.29. The van der Waals surface area contributed by atoms with Crippen LogP contribution in [-0.4, -0.2) is 11.0 Å². The Morgan fingerprint density at radius 2 is 2.19 bits per heavy atom. The molecule has 0 aliphatic heterocycles. The van der Waals surface area contributed by atoms with Crippen molar-refractivity contribution in [1.82, 2.24) is 4.98 Å². The van der Waals surface area contributed by atoms with Crippen LogP contribution in [0.2, 0.25) is 0 Å². The molecule has 3 heteroatoms. The maximum absolute atomic E-state index is 8.90. The van der Waals surface area contributed by atoms with Crippen molar-refractivity contribution >= 4 is 5.82 Å². The quantitative estimate of drug-likeness (QED) is 0.823. The van der Waals surface area contributed by atoms with Crippen LogP contribution < -0.4 is 5.32 Å². The van der Waals surface area contributed by atoms with E-state index >= 15 is 0 Å². The molecule has 0 radical (unpaired) electrons. The zero-order chi connectivity index (χ0) is 12.0. The number of hydrogen-bond donors (Lipinski definition) is 1. The molecule has 0 spiro atoms. The molecular weight excluding hydrogens is 198 g/mol. The molecule has 0 aromatic carbocycles. The summed E-state index contributed by atoms with van der Waals surface area (Å²) in [7, 11) is 0. The second-order valence-corrected chi connectivity index (χ2v) is 4.01. The Morgan fingerprint density at radius 1 is 1.44 bits per heavy atom. The van der Waals surface area contributed by atoms with Crippen molar-refractivity contribution in [3.8, 4) is 6.07 Å². The van der Waals surface area contributed by atoms with Gasteiger partial charge in [-0.2, -0.15) is 5.26 Å². The molecule has 0 saturated carbocycles. The smallest absolute Gasteiger partial charge is 0.145 e. The summed E-state index contributed by atoms with van der Waals surface area (Å²) in [6.45, 7) is 6.24. The molecule has 1 unspecified atom stereocenters. The zero-order valence-corrected chi connectivity index (χ0v) is 10.2. The van der Waals surface area contributed by atoms with Crippen molar-refractivity contribution < 1.29 is 0 Å². The van der Waals surface area contributed by atoms with Gasteiger partial charge in [-0.15, -0.1) is 0 Å². The normalized spacial score (nSPS) is 11.9. The van der Waals surface area contributed by atoms with E-state index in [9.17, 15) is 0 Å². The average Bonchev–Trinajstić information content (AvgIpc) is 2.30. The second kappa shape index (κ2) is 6.12. The fourth-order valence-corrected chi connectivity index (χ4v) is 1.66. The van der Waals surface area contributed by atoms with E-state index in [4.69, 9.17) is 5.26 Å². The van der Waals surface area contributed by atoms with Gasteiger partial charge < -0.3 is 5.32 Å². The molecule has 16 heavy (non-hydrogen) atoms. The van der Waals surface area contributed by atoms with E-state index in [0.717, 1.165) is 30.6 Å².